The number of benzene rings is 10. The van der Waals surface area contributed by atoms with Crippen LogP contribution in [0.15, 0.2) is 237 Å². The SMILES string of the molecule is N#Cc1cc(-n2c3ccccc3c3cc(-c4ccccc4)ccc32)ccc1-c1nc(-c2ccccc2)nc(-c2ccc(-n3c4ccccc4c4cc(-c5ccccc5)ccc43)cc2-c2ccccc2C#N)n1. The van der Waals surface area contributed by atoms with Crippen LogP contribution in [0.2, 0.25) is 0 Å². The van der Waals surface area contributed by atoms with Gasteiger partial charge in [-0.3, -0.25) is 0 Å². The molecule has 0 aliphatic rings. The smallest absolute Gasteiger partial charge is 0.165 e. The molecule has 0 aliphatic heterocycles. The minimum Gasteiger partial charge on any atom is -0.309 e. The molecule has 13 aromatic rings. The van der Waals surface area contributed by atoms with E-state index in [0.717, 1.165) is 93.9 Å². The van der Waals surface area contributed by atoms with Crippen LogP contribution < -0.4 is 0 Å². The number of aromatic nitrogens is 5. The highest BCUT2D eigenvalue weighted by molar-refractivity contribution is 6.12. The topological polar surface area (TPSA) is 96.1 Å². The summed E-state index contributed by atoms with van der Waals surface area (Å²) < 4.78 is 4.51. The normalized spacial score (nSPS) is 11.3. The van der Waals surface area contributed by atoms with Gasteiger partial charge in [-0.25, -0.2) is 15.0 Å². The number of rotatable bonds is 8. The van der Waals surface area contributed by atoms with Crippen molar-refractivity contribution < 1.29 is 0 Å². The molecular weight excluding hydrogens is 879 g/mol. The molecule has 0 fully saturated rings. The lowest BCUT2D eigenvalue weighted by Crippen LogP contribution is -2.04. The molecule has 3 aromatic heterocycles. The van der Waals surface area contributed by atoms with Gasteiger partial charge in [0.05, 0.1) is 45.3 Å². The maximum atomic E-state index is 11.0. The molecule has 0 radical (unpaired) electrons. The lowest BCUT2D eigenvalue weighted by molar-refractivity contribution is 1.07. The Labute approximate surface area is 415 Å². The van der Waals surface area contributed by atoms with E-state index in [9.17, 15) is 10.5 Å². The van der Waals surface area contributed by atoms with Crippen LogP contribution in [-0.2, 0) is 0 Å². The Kier molecular flexibility index (Phi) is 10.1. The van der Waals surface area contributed by atoms with Gasteiger partial charge in [-0.05, 0) is 107 Å². The Balaban J connectivity index is 0.991. The molecule has 72 heavy (non-hydrogen) atoms. The van der Waals surface area contributed by atoms with Gasteiger partial charge < -0.3 is 9.13 Å². The van der Waals surface area contributed by atoms with Crippen LogP contribution in [0.25, 0.3) is 123 Å². The minimum absolute atomic E-state index is 0.358. The highest BCUT2D eigenvalue weighted by Crippen LogP contribution is 2.41. The Hall–Kier alpha value is -10.2. The molecule has 10 aromatic carbocycles. The zero-order chi connectivity index (χ0) is 48.1. The molecule has 3 heterocycles. The average Bonchev–Trinajstić information content (AvgIpc) is 3.97. The van der Waals surface area contributed by atoms with E-state index in [-0.39, 0.29) is 0 Å². The first-order valence-corrected chi connectivity index (χ1v) is 23.8. The molecule has 0 aliphatic carbocycles. The average molecular weight is 918 g/mol. The van der Waals surface area contributed by atoms with Gasteiger partial charge >= 0.3 is 0 Å². The fourth-order valence-electron chi connectivity index (χ4n) is 10.3. The van der Waals surface area contributed by atoms with E-state index in [1.165, 1.54) is 0 Å². The number of hydrogen-bond acceptors (Lipinski definition) is 5. The van der Waals surface area contributed by atoms with Gasteiger partial charge in [-0.15, -0.1) is 0 Å². The van der Waals surface area contributed by atoms with Crippen molar-refractivity contribution in [2.45, 2.75) is 0 Å². The molecule has 13 rings (SSSR count). The molecule has 7 nitrogen and oxygen atoms in total. The first-order chi connectivity index (χ1) is 35.6. The molecule has 0 spiro atoms. The molecule has 0 saturated carbocycles. The molecule has 0 bridgehead atoms. The zero-order valence-electron chi connectivity index (χ0n) is 38.6. The Bertz CT molecular complexity index is 4350. The third-order valence-electron chi connectivity index (χ3n) is 13.7. The van der Waals surface area contributed by atoms with Gasteiger partial charge in [-0.2, -0.15) is 10.5 Å². The highest BCUT2D eigenvalue weighted by atomic mass is 15.0. The molecule has 0 atom stereocenters. The number of nitriles is 2. The summed E-state index contributed by atoms with van der Waals surface area (Å²) in [6, 6.07) is 85.6. The van der Waals surface area contributed by atoms with Crippen molar-refractivity contribution in [2.24, 2.45) is 0 Å². The van der Waals surface area contributed by atoms with E-state index >= 15 is 0 Å². The summed E-state index contributed by atoms with van der Waals surface area (Å²) in [5, 5.41) is 26.1. The van der Waals surface area contributed by atoms with Crippen LogP contribution >= 0.6 is 0 Å². The number of para-hydroxylation sites is 2. The predicted octanol–water partition coefficient (Wildman–Crippen LogP) is 15.8. The van der Waals surface area contributed by atoms with Crippen molar-refractivity contribution >= 4 is 43.6 Å². The van der Waals surface area contributed by atoms with Crippen molar-refractivity contribution in [1.82, 2.24) is 24.1 Å². The van der Waals surface area contributed by atoms with Gasteiger partial charge in [0.25, 0.3) is 0 Å². The second kappa shape index (κ2) is 17.4. The summed E-state index contributed by atoms with van der Waals surface area (Å²) in [7, 11) is 0. The van der Waals surface area contributed by atoms with Crippen LogP contribution in [0.4, 0.5) is 0 Å². The van der Waals surface area contributed by atoms with Gasteiger partial charge in [0, 0.05) is 55.2 Å². The molecule has 0 N–H and O–H groups in total. The van der Waals surface area contributed by atoms with Gasteiger partial charge in [-0.1, -0.05) is 158 Å². The Morgan fingerprint density at radius 2 is 0.722 bits per heavy atom. The number of nitrogens with zero attached hydrogens (tertiary/aromatic N) is 7. The Morgan fingerprint density at radius 1 is 0.278 bits per heavy atom. The predicted molar refractivity (Wildman–Crippen MR) is 291 cm³/mol. The van der Waals surface area contributed by atoms with Crippen LogP contribution in [0.1, 0.15) is 11.1 Å². The maximum Gasteiger partial charge on any atom is 0.165 e. The van der Waals surface area contributed by atoms with E-state index in [2.05, 4.69) is 161 Å². The van der Waals surface area contributed by atoms with Crippen molar-refractivity contribution in [2.75, 3.05) is 0 Å². The minimum atomic E-state index is 0.358. The first kappa shape index (κ1) is 41.9. The van der Waals surface area contributed by atoms with Gasteiger partial charge in [0.2, 0.25) is 0 Å². The molecule has 0 amide bonds. The van der Waals surface area contributed by atoms with Gasteiger partial charge in [0.15, 0.2) is 17.5 Å². The van der Waals surface area contributed by atoms with Crippen molar-refractivity contribution in [3.63, 3.8) is 0 Å². The standard InChI is InChI=1S/C65H39N7/c66-40-47-22-10-11-23-51(47)56-39-50(72-60-27-15-13-25-54(60)58-38-46(29-35-62(58)72)43-18-6-2-7-19-43)31-33-55(56)65-69-63(44-20-8-3-9-21-44)68-64(70-65)52-32-30-49(36-48(52)41-67)71-59-26-14-12-24-53(59)57-37-45(28-34-61(57)71)42-16-4-1-5-17-42/h1-39H. The molecule has 0 unspecified atom stereocenters. The fraction of sp³-hybridized carbons (Fsp3) is 0. The molecule has 0 saturated heterocycles. The second-order valence-corrected chi connectivity index (χ2v) is 17.8. The number of hydrogen-bond donors (Lipinski definition) is 0. The third kappa shape index (κ3) is 7.08. The van der Waals surface area contributed by atoms with Crippen LogP contribution in [-0.4, -0.2) is 24.1 Å². The van der Waals surface area contributed by atoms with Crippen molar-refractivity contribution in [1.29, 1.82) is 10.5 Å². The fourth-order valence-corrected chi connectivity index (χ4v) is 10.3. The second-order valence-electron chi connectivity index (χ2n) is 17.8. The summed E-state index contributed by atoms with van der Waals surface area (Å²) in [4.78, 5) is 15.5. The summed E-state index contributed by atoms with van der Waals surface area (Å²) in [5.74, 6) is 1.23. The summed E-state index contributed by atoms with van der Waals surface area (Å²) in [6.07, 6.45) is 0. The lowest BCUT2D eigenvalue weighted by atomic mass is 9.94. The largest absolute Gasteiger partial charge is 0.309 e. The summed E-state index contributed by atoms with van der Waals surface area (Å²) >= 11 is 0. The van der Waals surface area contributed by atoms with E-state index < -0.39 is 0 Å². The maximum absolute atomic E-state index is 11.0. The zero-order valence-corrected chi connectivity index (χ0v) is 38.6. The quantitative estimate of drug-likeness (QED) is 0.151. The molecular formula is C65H39N7. The number of fused-ring (bicyclic) bond motifs is 6. The van der Waals surface area contributed by atoms with Crippen LogP contribution in [0, 0.1) is 22.7 Å². The molecule has 7 heteroatoms. The monoisotopic (exact) mass is 917 g/mol. The first-order valence-electron chi connectivity index (χ1n) is 23.8. The van der Waals surface area contributed by atoms with Crippen LogP contribution in [0.3, 0.4) is 0 Å². The lowest BCUT2D eigenvalue weighted by Gasteiger charge is -2.16. The van der Waals surface area contributed by atoms with Crippen LogP contribution in [0.5, 0.6) is 0 Å². The van der Waals surface area contributed by atoms with E-state index in [1.54, 1.807) is 0 Å². The Morgan fingerprint density at radius 3 is 1.29 bits per heavy atom. The van der Waals surface area contributed by atoms with E-state index in [0.29, 0.717) is 39.7 Å². The van der Waals surface area contributed by atoms with Crippen molar-refractivity contribution in [3.05, 3.63) is 248 Å². The summed E-state index contributed by atoms with van der Waals surface area (Å²) in [5.41, 5.74) is 15.1. The van der Waals surface area contributed by atoms with Gasteiger partial charge in [0.1, 0.15) is 0 Å². The van der Waals surface area contributed by atoms with E-state index in [4.69, 9.17) is 15.0 Å². The van der Waals surface area contributed by atoms with E-state index in [1.807, 2.05) is 97.1 Å². The third-order valence-corrected chi connectivity index (χ3v) is 13.7. The summed E-state index contributed by atoms with van der Waals surface area (Å²) in [6.45, 7) is 0. The molecule has 334 valence electrons. The van der Waals surface area contributed by atoms with Crippen molar-refractivity contribution in [3.8, 4) is 91.1 Å². The highest BCUT2D eigenvalue weighted by Gasteiger charge is 2.22.